The molecule has 0 bridgehead atoms. The van der Waals surface area contributed by atoms with E-state index in [0.717, 1.165) is 12.0 Å². The number of alkyl halides is 1. The summed E-state index contributed by atoms with van der Waals surface area (Å²) < 4.78 is 0. The van der Waals surface area contributed by atoms with Crippen molar-refractivity contribution in [1.29, 1.82) is 0 Å². The van der Waals surface area contributed by atoms with Crippen LogP contribution in [-0.4, -0.2) is 23.2 Å². The van der Waals surface area contributed by atoms with Crippen molar-refractivity contribution in [2.75, 3.05) is 12.4 Å². The number of nitrogens with zero attached hydrogens (tertiary/aromatic N) is 1. The van der Waals surface area contributed by atoms with Crippen LogP contribution in [0.1, 0.15) is 18.9 Å². The van der Waals surface area contributed by atoms with Gasteiger partial charge < -0.3 is 4.90 Å². The first-order valence-corrected chi connectivity index (χ1v) is 6.65. The van der Waals surface area contributed by atoms with E-state index in [1.165, 1.54) is 0 Å². The summed E-state index contributed by atoms with van der Waals surface area (Å²) in [5.41, 5.74) is 0.878. The zero-order valence-corrected chi connectivity index (χ0v) is 11.8. The molecule has 2 nitrogen and oxygen atoms in total. The summed E-state index contributed by atoms with van der Waals surface area (Å²) in [5, 5.41) is 1.16. The second-order valence-electron chi connectivity index (χ2n) is 3.68. The van der Waals surface area contributed by atoms with Crippen molar-refractivity contribution in [1.82, 2.24) is 4.90 Å². The third-order valence-electron chi connectivity index (χ3n) is 2.34. The molecule has 0 N–H and O–H groups in total. The van der Waals surface area contributed by atoms with Gasteiger partial charge in [-0.25, -0.2) is 0 Å². The predicted molar refractivity (Wildman–Crippen MR) is 72.9 cm³/mol. The summed E-state index contributed by atoms with van der Waals surface area (Å²) >= 11 is 17.5. The van der Waals surface area contributed by atoms with Crippen molar-refractivity contribution in [2.45, 2.75) is 19.9 Å². The number of hydrogen-bond acceptors (Lipinski definition) is 1. The molecule has 5 heteroatoms. The van der Waals surface area contributed by atoms with Crippen LogP contribution in [0, 0.1) is 0 Å². The fourth-order valence-corrected chi connectivity index (χ4v) is 2.14. The lowest BCUT2D eigenvalue weighted by atomic mass is 10.2. The van der Waals surface area contributed by atoms with E-state index in [0.29, 0.717) is 23.1 Å². The maximum atomic E-state index is 11.6. The molecule has 17 heavy (non-hydrogen) atoms. The first kappa shape index (κ1) is 14.6. The van der Waals surface area contributed by atoms with Gasteiger partial charge >= 0.3 is 0 Å². The molecule has 0 saturated carbocycles. The predicted octanol–water partition coefficient (Wildman–Crippen LogP) is 3.97. The molecule has 0 spiro atoms. The molecule has 0 heterocycles. The normalized spacial score (nSPS) is 10.4. The Hall–Kier alpha value is -0.440. The average molecular weight is 295 g/mol. The average Bonchev–Trinajstić information content (AvgIpc) is 2.30. The number of amides is 1. The number of carbonyl (C=O) groups excluding carboxylic acids is 1. The molecule has 0 aliphatic carbocycles. The maximum Gasteiger partial charge on any atom is 0.237 e. The van der Waals surface area contributed by atoms with E-state index in [2.05, 4.69) is 0 Å². The van der Waals surface area contributed by atoms with Gasteiger partial charge in [0.25, 0.3) is 0 Å². The van der Waals surface area contributed by atoms with Gasteiger partial charge in [0, 0.05) is 23.1 Å². The van der Waals surface area contributed by atoms with Crippen LogP contribution in [0.3, 0.4) is 0 Å². The third kappa shape index (κ3) is 4.38. The number of halogens is 3. The largest absolute Gasteiger partial charge is 0.337 e. The summed E-state index contributed by atoms with van der Waals surface area (Å²) in [4.78, 5) is 13.3. The van der Waals surface area contributed by atoms with Gasteiger partial charge in [0.1, 0.15) is 5.88 Å². The fourth-order valence-electron chi connectivity index (χ4n) is 1.50. The molecular formula is C12H14Cl3NO. The highest BCUT2D eigenvalue weighted by atomic mass is 35.5. The molecular weight excluding hydrogens is 280 g/mol. The van der Waals surface area contributed by atoms with Crippen LogP contribution in [-0.2, 0) is 11.3 Å². The minimum atomic E-state index is -0.0838. The Morgan fingerprint density at radius 2 is 2.06 bits per heavy atom. The van der Waals surface area contributed by atoms with Crippen LogP contribution >= 0.6 is 34.8 Å². The minimum absolute atomic E-state index is 0.00872. The molecule has 0 aliphatic heterocycles. The Labute approximate surface area is 116 Å². The van der Waals surface area contributed by atoms with E-state index in [4.69, 9.17) is 34.8 Å². The van der Waals surface area contributed by atoms with Gasteiger partial charge in [-0.05, 0) is 24.1 Å². The van der Waals surface area contributed by atoms with Crippen molar-refractivity contribution in [3.05, 3.63) is 33.8 Å². The first-order chi connectivity index (χ1) is 8.08. The van der Waals surface area contributed by atoms with Crippen LogP contribution in [0.4, 0.5) is 0 Å². The van der Waals surface area contributed by atoms with Crippen molar-refractivity contribution in [3.8, 4) is 0 Å². The van der Waals surface area contributed by atoms with Gasteiger partial charge in [0.05, 0.1) is 0 Å². The summed E-state index contributed by atoms with van der Waals surface area (Å²) in [7, 11) is 0. The van der Waals surface area contributed by atoms with Crippen molar-refractivity contribution >= 4 is 40.7 Å². The smallest absolute Gasteiger partial charge is 0.237 e. The molecule has 0 unspecified atom stereocenters. The quantitative estimate of drug-likeness (QED) is 0.753. The third-order valence-corrected chi connectivity index (χ3v) is 3.15. The zero-order valence-electron chi connectivity index (χ0n) is 9.55. The standard InChI is InChI=1S/C12H14Cl3NO/c1-2-5-16(12(17)7-13)8-9-3-4-10(14)6-11(9)15/h3-4,6H,2,5,7-8H2,1H3. The van der Waals surface area contributed by atoms with Gasteiger partial charge in [0.15, 0.2) is 0 Å². The number of rotatable bonds is 5. The molecule has 1 amide bonds. The molecule has 94 valence electrons. The van der Waals surface area contributed by atoms with Gasteiger partial charge in [-0.2, -0.15) is 0 Å². The van der Waals surface area contributed by atoms with Crippen molar-refractivity contribution in [2.24, 2.45) is 0 Å². The summed E-state index contributed by atoms with van der Waals surface area (Å²) in [6.07, 6.45) is 0.883. The Morgan fingerprint density at radius 1 is 1.35 bits per heavy atom. The van der Waals surface area contributed by atoms with Gasteiger partial charge in [-0.15, -0.1) is 11.6 Å². The Kier molecular flexibility index (Phi) is 6.10. The van der Waals surface area contributed by atoms with Crippen molar-refractivity contribution < 1.29 is 4.79 Å². The van der Waals surface area contributed by atoms with E-state index in [1.54, 1.807) is 17.0 Å². The van der Waals surface area contributed by atoms with Crippen LogP contribution in [0.5, 0.6) is 0 Å². The molecule has 0 radical (unpaired) electrons. The van der Waals surface area contributed by atoms with Crippen LogP contribution in [0.15, 0.2) is 18.2 Å². The zero-order chi connectivity index (χ0) is 12.8. The molecule has 0 aromatic heterocycles. The summed E-state index contributed by atoms with van der Waals surface area (Å²) in [5.74, 6) is -0.0925. The van der Waals surface area contributed by atoms with Gasteiger partial charge in [0.2, 0.25) is 5.91 Å². The lowest BCUT2D eigenvalue weighted by molar-refractivity contribution is -0.129. The van der Waals surface area contributed by atoms with E-state index < -0.39 is 0 Å². The van der Waals surface area contributed by atoms with Crippen LogP contribution < -0.4 is 0 Å². The Morgan fingerprint density at radius 3 is 2.59 bits per heavy atom. The topological polar surface area (TPSA) is 20.3 Å². The highest BCUT2D eigenvalue weighted by Crippen LogP contribution is 2.22. The lowest BCUT2D eigenvalue weighted by Crippen LogP contribution is -2.32. The highest BCUT2D eigenvalue weighted by Gasteiger charge is 2.13. The second kappa shape index (κ2) is 7.10. The van der Waals surface area contributed by atoms with Crippen molar-refractivity contribution in [3.63, 3.8) is 0 Å². The molecule has 1 aromatic rings. The fraction of sp³-hybridized carbons (Fsp3) is 0.417. The van der Waals surface area contributed by atoms with Gasteiger partial charge in [-0.3, -0.25) is 4.79 Å². The summed E-state index contributed by atoms with van der Waals surface area (Å²) in [6.45, 7) is 3.15. The highest BCUT2D eigenvalue weighted by molar-refractivity contribution is 6.35. The van der Waals surface area contributed by atoms with Crippen LogP contribution in [0.25, 0.3) is 0 Å². The van der Waals surface area contributed by atoms with E-state index in [9.17, 15) is 4.79 Å². The Bertz CT molecular complexity index is 395. The van der Waals surface area contributed by atoms with E-state index >= 15 is 0 Å². The molecule has 0 fully saturated rings. The monoisotopic (exact) mass is 293 g/mol. The number of benzene rings is 1. The molecule has 1 rings (SSSR count). The Balaban J connectivity index is 2.82. The van der Waals surface area contributed by atoms with Crippen LogP contribution in [0.2, 0.25) is 10.0 Å². The van der Waals surface area contributed by atoms with E-state index in [-0.39, 0.29) is 11.8 Å². The lowest BCUT2D eigenvalue weighted by Gasteiger charge is -2.21. The van der Waals surface area contributed by atoms with Gasteiger partial charge in [-0.1, -0.05) is 36.2 Å². The summed E-state index contributed by atoms with van der Waals surface area (Å²) in [6, 6.07) is 5.26. The molecule has 0 saturated heterocycles. The first-order valence-electron chi connectivity index (χ1n) is 5.36. The maximum absolute atomic E-state index is 11.6. The molecule has 1 aromatic carbocycles. The number of carbonyl (C=O) groups is 1. The SMILES string of the molecule is CCCN(Cc1ccc(Cl)cc1Cl)C(=O)CCl. The molecule has 0 atom stereocenters. The second-order valence-corrected chi connectivity index (χ2v) is 4.80. The molecule has 0 aliphatic rings. The van der Waals surface area contributed by atoms with E-state index in [1.807, 2.05) is 13.0 Å². The minimum Gasteiger partial charge on any atom is -0.337 e. The number of hydrogen-bond donors (Lipinski definition) is 0.